The van der Waals surface area contributed by atoms with E-state index in [1.807, 2.05) is 0 Å². The Labute approximate surface area is 120 Å². The van der Waals surface area contributed by atoms with Crippen LogP contribution in [0.5, 0.6) is 11.6 Å². The van der Waals surface area contributed by atoms with E-state index in [0.717, 1.165) is 4.47 Å². The number of hydrogen-bond acceptors (Lipinski definition) is 3. The average molecular weight is 377 g/mol. The van der Waals surface area contributed by atoms with Gasteiger partial charge in [-0.2, -0.15) is 0 Å². The van der Waals surface area contributed by atoms with Gasteiger partial charge >= 0.3 is 0 Å². The number of halogens is 3. The second kappa shape index (κ2) is 5.77. The zero-order chi connectivity index (χ0) is 13.1. The fourth-order valence-electron chi connectivity index (χ4n) is 1.34. The summed E-state index contributed by atoms with van der Waals surface area (Å²) in [6.45, 7) is -0.236. The third kappa shape index (κ3) is 3.07. The molecule has 3 nitrogen and oxygen atoms in total. The summed E-state index contributed by atoms with van der Waals surface area (Å²) in [4.78, 5) is 4.00. The lowest BCUT2D eigenvalue weighted by Gasteiger charge is -2.09. The molecule has 0 amide bonds. The molecule has 0 radical (unpaired) electrons. The van der Waals surface area contributed by atoms with Crippen LogP contribution in [0.1, 0.15) is 5.56 Å². The predicted octanol–water partition coefficient (Wildman–Crippen LogP) is 4.03. The van der Waals surface area contributed by atoms with Crippen molar-refractivity contribution in [2.45, 2.75) is 6.61 Å². The van der Waals surface area contributed by atoms with Gasteiger partial charge in [0.1, 0.15) is 0 Å². The van der Waals surface area contributed by atoms with Crippen molar-refractivity contribution in [1.29, 1.82) is 0 Å². The van der Waals surface area contributed by atoms with Crippen LogP contribution in [0.2, 0.25) is 0 Å². The number of aliphatic hydroxyl groups excluding tert-OH is 1. The van der Waals surface area contributed by atoms with Crippen molar-refractivity contribution >= 4 is 31.9 Å². The summed E-state index contributed by atoms with van der Waals surface area (Å²) in [5.41, 5.74) is 0.478. The van der Waals surface area contributed by atoms with Crippen molar-refractivity contribution in [1.82, 2.24) is 4.98 Å². The van der Waals surface area contributed by atoms with Crippen LogP contribution in [0.3, 0.4) is 0 Å². The van der Waals surface area contributed by atoms with E-state index in [1.54, 1.807) is 12.1 Å². The number of aromatic nitrogens is 1. The SMILES string of the molecule is OCc1cc(Br)cnc1Oc1ccc(Br)cc1F. The molecule has 0 unspecified atom stereocenters. The molecule has 0 aliphatic heterocycles. The molecule has 2 rings (SSSR count). The summed E-state index contributed by atoms with van der Waals surface area (Å²) in [6, 6.07) is 6.12. The quantitative estimate of drug-likeness (QED) is 0.879. The highest BCUT2D eigenvalue weighted by molar-refractivity contribution is 9.10. The molecule has 1 N–H and O–H groups in total. The van der Waals surface area contributed by atoms with E-state index in [4.69, 9.17) is 4.74 Å². The fourth-order valence-corrected chi connectivity index (χ4v) is 2.05. The Bertz CT molecular complexity index is 578. The van der Waals surface area contributed by atoms with Crippen LogP contribution in [0, 0.1) is 5.82 Å². The van der Waals surface area contributed by atoms with Crippen LogP contribution in [0.15, 0.2) is 39.4 Å². The van der Waals surface area contributed by atoms with Crippen LogP contribution < -0.4 is 4.74 Å². The molecule has 1 aromatic heterocycles. The van der Waals surface area contributed by atoms with Crippen LogP contribution in [0.25, 0.3) is 0 Å². The van der Waals surface area contributed by atoms with Gasteiger partial charge in [-0.25, -0.2) is 9.37 Å². The van der Waals surface area contributed by atoms with Gasteiger partial charge < -0.3 is 9.84 Å². The van der Waals surface area contributed by atoms with Crippen LogP contribution in [0.4, 0.5) is 4.39 Å². The minimum atomic E-state index is -0.502. The van der Waals surface area contributed by atoms with Gasteiger partial charge in [0.25, 0.3) is 0 Å². The Morgan fingerprint density at radius 2 is 2.00 bits per heavy atom. The van der Waals surface area contributed by atoms with Gasteiger partial charge in [-0.3, -0.25) is 0 Å². The molecular weight excluding hydrogens is 369 g/mol. The molecule has 0 atom stereocenters. The second-order valence-corrected chi connectivity index (χ2v) is 5.28. The van der Waals surface area contributed by atoms with Crippen molar-refractivity contribution in [3.8, 4) is 11.6 Å². The highest BCUT2D eigenvalue weighted by Crippen LogP contribution is 2.28. The number of ether oxygens (including phenoxy) is 1. The largest absolute Gasteiger partial charge is 0.436 e. The monoisotopic (exact) mass is 375 g/mol. The van der Waals surface area contributed by atoms with Crippen LogP contribution in [-0.2, 0) is 6.61 Å². The molecule has 1 aromatic carbocycles. The van der Waals surface area contributed by atoms with E-state index in [-0.39, 0.29) is 18.2 Å². The first kappa shape index (κ1) is 13.5. The summed E-state index contributed by atoms with van der Waals surface area (Å²) in [5, 5.41) is 9.19. The molecule has 0 aliphatic rings. The van der Waals surface area contributed by atoms with Crippen LogP contribution >= 0.6 is 31.9 Å². The molecule has 0 spiro atoms. The first-order valence-corrected chi connectivity index (χ1v) is 6.57. The maximum Gasteiger partial charge on any atom is 0.224 e. The lowest BCUT2D eigenvalue weighted by molar-refractivity contribution is 0.274. The maximum atomic E-state index is 13.6. The van der Waals surface area contributed by atoms with Crippen molar-refractivity contribution in [2.75, 3.05) is 0 Å². The zero-order valence-electron chi connectivity index (χ0n) is 9.03. The summed E-state index contributed by atoms with van der Waals surface area (Å²) >= 11 is 6.40. The van der Waals surface area contributed by atoms with Gasteiger partial charge in [0.2, 0.25) is 5.88 Å². The number of hydrogen-bond donors (Lipinski definition) is 1. The number of rotatable bonds is 3. The van der Waals surface area contributed by atoms with Crippen LogP contribution in [-0.4, -0.2) is 10.1 Å². The van der Waals surface area contributed by atoms with E-state index in [9.17, 15) is 9.50 Å². The van der Waals surface area contributed by atoms with E-state index >= 15 is 0 Å². The standard InChI is InChI=1S/C12H8Br2FNO2/c13-8-1-2-11(10(15)4-8)18-12-7(6-17)3-9(14)5-16-12/h1-5,17H,6H2. The zero-order valence-corrected chi connectivity index (χ0v) is 12.2. The van der Waals surface area contributed by atoms with E-state index < -0.39 is 5.82 Å². The van der Waals surface area contributed by atoms with E-state index in [1.165, 1.54) is 18.3 Å². The highest BCUT2D eigenvalue weighted by Gasteiger charge is 2.10. The molecule has 1 heterocycles. The average Bonchev–Trinajstić information content (AvgIpc) is 2.34. The molecular formula is C12H8Br2FNO2. The minimum absolute atomic E-state index is 0.0581. The molecule has 0 aliphatic carbocycles. The Hall–Kier alpha value is -0.980. The number of pyridine rings is 1. The molecule has 6 heteroatoms. The first-order valence-electron chi connectivity index (χ1n) is 4.98. The first-order chi connectivity index (χ1) is 8.60. The molecule has 0 saturated carbocycles. The third-order valence-corrected chi connectivity index (χ3v) is 3.09. The van der Waals surface area contributed by atoms with E-state index in [0.29, 0.717) is 10.0 Å². The Morgan fingerprint density at radius 1 is 1.22 bits per heavy atom. The number of nitrogens with zero attached hydrogens (tertiary/aromatic N) is 1. The summed E-state index contributed by atoms with van der Waals surface area (Å²) in [5.74, 6) is -0.261. The third-order valence-electron chi connectivity index (χ3n) is 2.16. The highest BCUT2D eigenvalue weighted by atomic mass is 79.9. The lowest BCUT2D eigenvalue weighted by atomic mass is 10.3. The molecule has 0 bridgehead atoms. The molecule has 2 aromatic rings. The van der Waals surface area contributed by atoms with Crippen molar-refractivity contribution < 1.29 is 14.2 Å². The van der Waals surface area contributed by atoms with Gasteiger partial charge in [-0.15, -0.1) is 0 Å². The Balaban J connectivity index is 2.33. The van der Waals surface area contributed by atoms with Gasteiger partial charge in [0.05, 0.1) is 6.61 Å². The maximum absolute atomic E-state index is 13.6. The van der Waals surface area contributed by atoms with E-state index in [2.05, 4.69) is 36.8 Å². The molecule has 0 fully saturated rings. The fraction of sp³-hybridized carbons (Fsp3) is 0.0833. The summed E-state index contributed by atoms with van der Waals surface area (Å²) in [7, 11) is 0. The number of benzene rings is 1. The Kier molecular flexibility index (Phi) is 4.31. The van der Waals surface area contributed by atoms with Gasteiger partial charge in [-0.05, 0) is 40.2 Å². The lowest BCUT2D eigenvalue weighted by Crippen LogP contribution is -1.96. The summed E-state index contributed by atoms with van der Waals surface area (Å²) < 4.78 is 20.3. The van der Waals surface area contributed by atoms with Crippen molar-refractivity contribution in [3.63, 3.8) is 0 Å². The minimum Gasteiger partial charge on any atom is -0.436 e. The number of aliphatic hydroxyl groups is 1. The topological polar surface area (TPSA) is 42.4 Å². The molecule has 0 saturated heterocycles. The molecule has 18 heavy (non-hydrogen) atoms. The predicted molar refractivity (Wildman–Crippen MR) is 72.0 cm³/mol. The van der Waals surface area contributed by atoms with Gasteiger partial charge in [-0.1, -0.05) is 15.9 Å². The second-order valence-electron chi connectivity index (χ2n) is 3.45. The van der Waals surface area contributed by atoms with Crippen molar-refractivity contribution in [2.24, 2.45) is 0 Å². The van der Waals surface area contributed by atoms with Gasteiger partial charge in [0.15, 0.2) is 11.6 Å². The van der Waals surface area contributed by atoms with Crippen molar-refractivity contribution in [3.05, 3.63) is 50.8 Å². The smallest absolute Gasteiger partial charge is 0.224 e. The van der Waals surface area contributed by atoms with Gasteiger partial charge in [0, 0.05) is 20.7 Å². The molecule has 94 valence electrons. The summed E-state index contributed by atoms with van der Waals surface area (Å²) in [6.07, 6.45) is 1.52. The normalized spacial score (nSPS) is 10.4. The Morgan fingerprint density at radius 3 is 2.67 bits per heavy atom.